The average Bonchev–Trinajstić information content (AvgIpc) is 2.33. The molecule has 1 aromatic carbocycles. The van der Waals surface area contributed by atoms with Gasteiger partial charge < -0.3 is 4.74 Å². The zero-order valence-electron chi connectivity index (χ0n) is 9.64. The van der Waals surface area contributed by atoms with E-state index in [-0.39, 0.29) is 6.23 Å². The van der Waals surface area contributed by atoms with Crippen molar-refractivity contribution in [2.24, 2.45) is 0 Å². The molecule has 1 heterocycles. The summed E-state index contributed by atoms with van der Waals surface area (Å²) >= 11 is 0. The second kappa shape index (κ2) is 5.71. The van der Waals surface area contributed by atoms with Crippen LogP contribution in [0.4, 0.5) is 0 Å². The van der Waals surface area contributed by atoms with Gasteiger partial charge in [0.1, 0.15) is 5.75 Å². The van der Waals surface area contributed by atoms with Gasteiger partial charge in [0.25, 0.3) is 0 Å². The fourth-order valence-corrected chi connectivity index (χ4v) is 2.12. The van der Waals surface area contributed by atoms with Crippen molar-refractivity contribution in [3.8, 4) is 5.75 Å². The summed E-state index contributed by atoms with van der Waals surface area (Å²) < 4.78 is 6.00. The van der Waals surface area contributed by atoms with Crippen LogP contribution in [0.15, 0.2) is 43.0 Å². The second-order valence-electron chi connectivity index (χ2n) is 4.16. The molecule has 1 aromatic rings. The molecule has 2 heteroatoms. The highest BCUT2D eigenvalue weighted by Gasteiger charge is 2.22. The fourth-order valence-electron chi connectivity index (χ4n) is 2.12. The molecule has 1 fully saturated rings. The summed E-state index contributed by atoms with van der Waals surface area (Å²) in [7, 11) is 0. The van der Waals surface area contributed by atoms with Gasteiger partial charge in [-0.3, -0.25) is 4.90 Å². The van der Waals surface area contributed by atoms with Crippen LogP contribution >= 0.6 is 0 Å². The molecular formula is C14H19NO. The lowest BCUT2D eigenvalue weighted by Gasteiger charge is -2.34. The quantitative estimate of drug-likeness (QED) is 0.719. The van der Waals surface area contributed by atoms with Gasteiger partial charge in [0.15, 0.2) is 6.23 Å². The molecule has 1 saturated heterocycles. The number of hydrogen-bond acceptors (Lipinski definition) is 2. The fraction of sp³-hybridized carbons (Fsp3) is 0.429. The highest BCUT2D eigenvalue weighted by Crippen LogP contribution is 2.21. The van der Waals surface area contributed by atoms with Crippen LogP contribution in [0.25, 0.3) is 0 Å². The molecule has 1 atom stereocenters. The summed E-state index contributed by atoms with van der Waals surface area (Å²) in [5.74, 6) is 0.962. The van der Waals surface area contributed by atoms with E-state index in [2.05, 4.69) is 11.5 Å². The van der Waals surface area contributed by atoms with E-state index in [4.69, 9.17) is 4.74 Å². The van der Waals surface area contributed by atoms with Crippen molar-refractivity contribution < 1.29 is 4.74 Å². The van der Waals surface area contributed by atoms with E-state index in [1.165, 1.54) is 12.8 Å². The maximum atomic E-state index is 6.00. The first kappa shape index (κ1) is 11.2. The zero-order valence-corrected chi connectivity index (χ0v) is 9.64. The van der Waals surface area contributed by atoms with Gasteiger partial charge in [0.2, 0.25) is 0 Å². The number of ether oxygens (including phenoxy) is 1. The molecule has 2 nitrogen and oxygen atoms in total. The topological polar surface area (TPSA) is 12.5 Å². The van der Waals surface area contributed by atoms with Crippen LogP contribution in [-0.4, -0.2) is 24.2 Å². The molecule has 1 unspecified atom stereocenters. The van der Waals surface area contributed by atoms with Crippen molar-refractivity contribution in [3.05, 3.63) is 43.0 Å². The molecule has 1 aliphatic heterocycles. The minimum Gasteiger partial charge on any atom is -0.475 e. The van der Waals surface area contributed by atoms with Crippen molar-refractivity contribution in [1.29, 1.82) is 0 Å². The summed E-state index contributed by atoms with van der Waals surface area (Å²) in [5.41, 5.74) is 0. The predicted molar refractivity (Wildman–Crippen MR) is 66.5 cm³/mol. The first-order chi connectivity index (χ1) is 7.90. The summed E-state index contributed by atoms with van der Waals surface area (Å²) in [6, 6.07) is 10.1. The average molecular weight is 217 g/mol. The van der Waals surface area contributed by atoms with Crippen LogP contribution in [-0.2, 0) is 0 Å². The molecule has 86 valence electrons. The van der Waals surface area contributed by atoms with Gasteiger partial charge >= 0.3 is 0 Å². The lowest BCUT2D eigenvalue weighted by molar-refractivity contribution is 0.00435. The Balaban J connectivity index is 1.98. The monoisotopic (exact) mass is 217 g/mol. The maximum absolute atomic E-state index is 6.00. The van der Waals surface area contributed by atoms with Gasteiger partial charge in [-0.05, 0) is 31.4 Å². The van der Waals surface area contributed by atoms with Gasteiger partial charge in [-0.1, -0.05) is 24.3 Å². The van der Waals surface area contributed by atoms with Crippen LogP contribution < -0.4 is 4.74 Å². The van der Waals surface area contributed by atoms with E-state index in [1.54, 1.807) is 0 Å². The number of likely N-dealkylation sites (tertiary alicyclic amines) is 1. The Labute approximate surface area is 97.5 Å². The lowest BCUT2D eigenvalue weighted by atomic mass is 10.1. The Kier molecular flexibility index (Phi) is 4.00. The van der Waals surface area contributed by atoms with Gasteiger partial charge in [-0.25, -0.2) is 0 Å². The number of para-hydroxylation sites is 1. The number of piperidine rings is 1. The SMILES string of the molecule is C=CCN1CCCCC1Oc1ccccc1. The first-order valence-corrected chi connectivity index (χ1v) is 5.97. The van der Waals surface area contributed by atoms with Crippen molar-refractivity contribution >= 4 is 0 Å². The number of hydrogen-bond donors (Lipinski definition) is 0. The van der Waals surface area contributed by atoms with Crippen LogP contribution in [0.5, 0.6) is 5.75 Å². The molecular weight excluding hydrogens is 198 g/mol. The molecule has 0 bridgehead atoms. The zero-order chi connectivity index (χ0) is 11.2. The summed E-state index contributed by atoms with van der Waals surface area (Å²) in [6.45, 7) is 5.83. The van der Waals surface area contributed by atoms with Crippen molar-refractivity contribution in [2.45, 2.75) is 25.5 Å². The maximum Gasteiger partial charge on any atom is 0.152 e. The number of benzene rings is 1. The highest BCUT2D eigenvalue weighted by atomic mass is 16.5. The molecule has 2 rings (SSSR count). The number of nitrogens with zero attached hydrogens (tertiary/aromatic N) is 1. The summed E-state index contributed by atoms with van der Waals surface area (Å²) in [5, 5.41) is 0. The van der Waals surface area contributed by atoms with Crippen LogP contribution in [0.1, 0.15) is 19.3 Å². The molecule has 0 radical (unpaired) electrons. The second-order valence-corrected chi connectivity index (χ2v) is 4.16. The molecule has 16 heavy (non-hydrogen) atoms. The van der Waals surface area contributed by atoms with Gasteiger partial charge in [0.05, 0.1) is 0 Å². The molecule has 0 spiro atoms. The van der Waals surface area contributed by atoms with E-state index < -0.39 is 0 Å². The predicted octanol–water partition coefficient (Wildman–Crippen LogP) is 3.06. The third kappa shape index (κ3) is 2.86. The molecule has 1 aliphatic rings. The molecule has 0 aliphatic carbocycles. The standard InChI is InChI=1S/C14H19NO/c1-2-11-15-12-7-6-10-14(15)16-13-8-4-3-5-9-13/h2-5,8-9,14H,1,6-7,10-12H2. The van der Waals surface area contributed by atoms with Crippen LogP contribution in [0, 0.1) is 0 Å². The Bertz CT molecular complexity index is 323. The van der Waals surface area contributed by atoms with Crippen molar-refractivity contribution in [1.82, 2.24) is 4.90 Å². The van der Waals surface area contributed by atoms with Gasteiger partial charge in [0, 0.05) is 13.1 Å². The van der Waals surface area contributed by atoms with E-state index in [1.807, 2.05) is 36.4 Å². The van der Waals surface area contributed by atoms with Crippen molar-refractivity contribution in [2.75, 3.05) is 13.1 Å². The summed E-state index contributed by atoms with van der Waals surface area (Å²) in [6.07, 6.45) is 5.80. The molecule has 0 amide bonds. The Morgan fingerprint density at radius 1 is 1.31 bits per heavy atom. The largest absolute Gasteiger partial charge is 0.475 e. The number of rotatable bonds is 4. The minimum absolute atomic E-state index is 0.217. The van der Waals surface area contributed by atoms with Crippen molar-refractivity contribution in [3.63, 3.8) is 0 Å². The molecule has 0 saturated carbocycles. The first-order valence-electron chi connectivity index (χ1n) is 5.97. The molecule has 0 N–H and O–H groups in total. The van der Waals surface area contributed by atoms with E-state index in [9.17, 15) is 0 Å². The minimum atomic E-state index is 0.217. The highest BCUT2D eigenvalue weighted by molar-refractivity contribution is 5.21. The Morgan fingerprint density at radius 3 is 2.88 bits per heavy atom. The van der Waals surface area contributed by atoms with Gasteiger partial charge in [-0.15, -0.1) is 6.58 Å². The summed E-state index contributed by atoms with van der Waals surface area (Å²) in [4.78, 5) is 2.35. The van der Waals surface area contributed by atoms with Crippen LogP contribution in [0.3, 0.4) is 0 Å². The molecule has 0 aromatic heterocycles. The third-order valence-electron chi connectivity index (χ3n) is 2.93. The third-order valence-corrected chi connectivity index (χ3v) is 2.93. The normalized spacial score (nSPS) is 21.6. The smallest absolute Gasteiger partial charge is 0.152 e. The lowest BCUT2D eigenvalue weighted by Crippen LogP contribution is -2.43. The van der Waals surface area contributed by atoms with E-state index in [0.29, 0.717) is 0 Å². The van der Waals surface area contributed by atoms with E-state index >= 15 is 0 Å². The van der Waals surface area contributed by atoms with Gasteiger partial charge in [-0.2, -0.15) is 0 Å². The van der Waals surface area contributed by atoms with Crippen LogP contribution in [0.2, 0.25) is 0 Å². The van der Waals surface area contributed by atoms with E-state index in [0.717, 1.165) is 25.3 Å². The Hall–Kier alpha value is -1.28. The Morgan fingerprint density at radius 2 is 2.12 bits per heavy atom.